The van der Waals surface area contributed by atoms with E-state index in [0.717, 1.165) is 39.8 Å². The van der Waals surface area contributed by atoms with Gasteiger partial charge >= 0.3 is 24.1 Å². The van der Waals surface area contributed by atoms with Crippen LogP contribution in [0.5, 0.6) is 0 Å². The molecule has 3 aromatic rings. The highest BCUT2D eigenvalue weighted by Crippen LogP contribution is 2.38. The Morgan fingerprint density at radius 3 is 1.81 bits per heavy atom. The van der Waals surface area contributed by atoms with Gasteiger partial charge in [0, 0.05) is 61.8 Å². The van der Waals surface area contributed by atoms with Crippen LogP contribution < -0.4 is 5.32 Å². The van der Waals surface area contributed by atoms with Crippen LogP contribution in [0.3, 0.4) is 0 Å². The van der Waals surface area contributed by atoms with Crippen LogP contribution in [0.15, 0.2) is 60.8 Å². The van der Waals surface area contributed by atoms with E-state index in [1.54, 1.807) is 16.0 Å². The van der Waals surface area contributed by atoms with Crippen molar-refractivity contribution in [3.63, 3.8) is 0 Å². The van der Waals surface area contributed by atoms with Crippen LogP contribution in [0.2, 0.25) is 0 Å². The fourth-order valence-corrected chi connectivity index (χ4v) is 7.26. The second kappa shape index (κ2) is 16.9. The smallest absolute Gasteiger partial charge is 0.410 e. The molecule has 2 unspecified atom stereocenters. The highest BCUT2D eigenvalue weighted by molar-refractivity contribution is 5.81. The molecule has 1 aromatic heterocycles. The molecular weight excluding hydrogens is 688 g/mol. The van der Waals surface area contributed by atoms with Crippen molar-refractivity contribution < 1.29 is 38.1 Å². The Kier molecular flexibility index (Phi) is 12.5. The summed E-state index contributed by atoms with van der Waals surface area (Å²) in [6, 6.07) is 16.2. The lowest BCUT2D eigenvalue weighted by Crippen LogP contribution is -2.47. The number of hydrogen-bond donors (Lipinski definition) is 1. The summed E-state index contributed by atoms with van der Waals surface area (Å²) in [6.07, 6.45) is 6.52. The van der Waals surface area contributed by atoms with Crippen molar-refractivity contribution in [3.8, 4) is 0 Å². The molecule has 1 N–H and O–H groups in total. The zero-order valence-electron chi connectivity index (χ0n) is 32.7. The molecule has 4 heterocycles. The Balaban J connectivity index is 0.000000208. The Labute approximate surface area is 318 Å². The third kappa shape index (κ3) is 10.1. The second-order valence-electron chi connectivity index (χ2n) is 16.0. The minimum atomic E-state index is -0.569. The molecule has 0 radical (unpaired) electrons. The summed E-state index contributed by atoms with van der Waals surface area (Å²) in [6.45, 7) is 13.5. The van der Waals surface area contributed by atoms with Gasteiger partial charge in [-0.2, -0.15) is 0 Å². The first kappa shape index (κ1) is 40.1. The summed E-state index contributed by atoms with van der Waals surface area (Å²) >= 11 is 0. The number of fused-ring (bicyclic) bond motifs is 2. The molecule has 2 amide bonds. The number of rotatable bonds is 4. The van der Waals surface area contributed by atoms with Crippen molar-refractivity contribution in [3.05, 3.63) is 77.5 Å². The number of ether oxygens (including phenoxy) is 4. The number of anilines is 1. The normalized spacial score (nSPS) is 21.1. The number of carbonyl (C=O) groups excluding carboxylic acids is 4. The van der Waals surface area contributed by atoms with Crippen molar-refractivity contribution in [2.45, 2.75) is 77.4 Å². The van der Waals surface area contributed by atoms with Gasteiger partial charge in [-0.25, -0.2) is 9.59 Å². The van der Waals surface area contributed by atoms with Gasteiger partial charge in [0.25, 0.3) is 0 Å². The maximum Gasteiger partial charge on any atom is 0.410 e. The number of hydrogen-bond acceptors (Lipinski definition) is 10. The maximum absolute atomic E-state index is 12.5. The monoisotopic (exact) mass is 742 g/mol. The number of carbonyl (C=O) groups is 4. The summed E-state index contributed by atoms with van der Waals surface area (Å²) in [4.78, 5) is 57.4. The quantitative estimate of drug-likeness (QED) is 0.213. The lowest BCUT2D eigenvalue weighted by molar-refractivity contribution is -0.149. The molecule has 0 aliphatic carbocycles. The lowest BCUT2D eigenvalue weighted by atomic mass is 9.79. The summed E-state index contributed by atoms with van der Waals surface area (Å²) in [7, 11) is 2.78. The van der Waals surface area contributed by atoms with E-state index < -0.39 is 29.1 Å². The van der Waals surface area contributed by atoms with Gasteiger partial charge in [-0.1, -0.05) is 30.4 Å². The standard InChI is InChI=1S/C21H28N2O4.C21H26N2O4/c2*1-21(2,3)27-20(25)23-11-9-16(17(13-23)19(24)26-4)14-7-8-18-15(12-14)6-5-10-22-18/h5-8,12,16-17,22H,9-11,13H2,1-4H3;5-8,10,12,16-17H,9,11,13H2,1-4H3/t2*16-,17?/m11/s1. The summed E-state index contributed by atoms with van der Waals surface area (Å²) in [5.74, 6) is -1.43. The molecule has 0 saturated carbocycles. The van der Waals surface area contributed by atoms with Crippen LogP contribution in [0.4, 0.5) is 15.3 Å². The minimum absolute atomic E-state index is 0.0109. The number of likely N-dealkylation sites (tertiary alicyclic amines) is 2. The van der Waals surface area contributed by atoms with Crippen molar-refractivity contribution in [1.29, 1.82) is 0 Å². The topological polar surface area (TPSA) is 137 Å². The number of amides is 2. The van der Waals surface area contributed by atoms with Gasteiger partial charge in [0.2, 0.25) is 0 Å². The first-order chi connectivity index (χ1) is 25.6. The number of piperidine rings is 2. The molecule has 0 bridgehead atoms. The molecule has 6 rings (SSSR count). The molecule has 3 aliphatic rings. The molecule has 4 atom stereocenters. The predicted octanol–water partition coefficient (Wildman–Crippen LogP) is 7.39. The van der Waals surface area contributed by atoms with E-state index in [9.17, 15) is 19.2 Å². The SMILES string of the molecule is COC(=O)C1CN(C(=O)OC(C)(C)C)CC[C@@H]1c1ccc2c(c1)C=CCN2.COC(=O)C1CN(C(=O)OC(C)(C)C)CC[C@@H]1c1ccc2ncccc2c1. The van der Waals surface area contributed by atoms with E-state index in [0.29, 0.717) is 32.5 Å². The van der Waals surface area contributed by atoms with Gasteiger partial charge in [0.1, 0.15) is 11.2 Å². The molecule has 0 spiro atoms. The van der Waals surface area contributed by atoms with E-state index in [2.05, 4.69) is 46.7 Å². The zero-order chi connectivity index (χ0) is 39.2. The van der Waals surface area contributed by atoms with E-state index in [1.807, 2.05) is 65.8 Å². The number of nitrogens with zero attached hydrogens (tertiary/aromatic N) is 3. The molecule has 2 saturated heterocycles. The van der Waals surface area contributed by atoms with Gasteiger partial charge in [-0.3, -0.25) is 14.6 Å². The third-order valence-corrected chi connectivity index (χ3v) is 9.80. The van der Waals surface area contributed by atoms with Gasteiger partial charge in [-0.15, -0.1) is 0 Å². The van der Waals surface area contributed by atoms with Crippen LogP contribution >= 0.6 is 0 Å². The third-order valence-electron chi connectivity index (χ3n) is 9.80. The Bertz CT molecular complexity index is 1860. The Morgan fingerprint density at radius 2 is 1.28 bits per heavy atom. The van der Waals surface area contributed by atoms with Crippen molar-refractivity contribution in [1.82, 2.24) is 14.8 Å². The van der Waals surface area contributed by atoms with Gasteiger partial charge in [0.15, 0.2) is 0 Å². The summed E-state index contributed by atoms with van der Waals surface area (Å²) < 4.78 is 21.0. The van der Waals surface area contributed by atoms with E-state index in [4.69, 9.17) is 18.9 Å². The van der Waals surface area contributed by atoms with Gasteiger partial charge in [0.05, 0.1) is 31.6 Å². The predicted molar refractivity (Wildman–Crippen MR) is 207 cm³/mol. The highest BCUT2D eigenvalue weighted by Gasteiger charge is 2.40. The Hall–Kier alpha value is -5.13. The fourth-order valence-electron chi connectivity index (χ4n) is 7.26. The maximum atomic E-state index is 12.5. The number of methoxy groups -OCH3 is 2. The molecule has 2 fully saturated rings. The number of esters is 2. The molecule has 54 heavy (non-hydrogen) atoms. The van der Waals surface area contributed by atoms with Crippen LogP contribution in [-0.4, -0.2) is 97.1 Å². The van der Waals surface area contributed by atoms with Crippen molar-refractivity contribution >= 4 is 46.8 Å². The molecular formula is C42H54N4O8. The van der Waals surface area contributed by atoms with Crippen LogP contribution in [-0.2, 0) is 28.5 Å². The minimum Gasteiger partial charge on any atom is -0.469 e. The average molecular weight is 743 g/mol. The van der Waals surface area contributed by atoms with E-state index in [-0.39, 0.29) is 36.4 Å². The first-order valence-corrected chi connectivity index (χ1v) is 18.6. The fraction of sp³-hybridized carbons (Fsp3) is 0.500. The molecule has 290 valence electrons. The largest absolute Gasteiger partial charge is 0.469 e. The second-order valence-corrected chi connectivity index (χ2v) is 16.0. The van der Waals surface area contributed by atoms with Gasteiger partial charge < -0.3 is 34.1 Å². The molecule has 2 aromatic carbocycles. The number of aromatic nitrogens is 1. The van der Waals surface area contributed by atoms with Gasteiger partial charge in [-0.05, 0) is 101 Å². The van der Waals surface area contributed by atoms with Crippen LogP contribution in [0.1, 0.15) is 82.9 Å². The molecule has 12 heteroatoms. The number of pyridine rings is 1. The van der Waals surface area contributed by atoms with E-state index >= 15 is 0 Å². The molecule has 12 nitrogen and oxygen atoms in total. The zero-order valence-corrected chi connectivity index (χ0v) is 32.7. The van der Waals surface area contributed by atoms with Crippen LogP contribution in [0, 0.1) is 11.8 Å². The number of benzene rings is 2. The van der Waals surface area contributed by atoms with Crippen molar-refractivity contribution in [2.75, 3.05) is 52.3 Å². The van der Waals surface area contributed by atoms with E-state index in [1.165, 1.54) is 14.2 Å². The summed E-state index contributed by atoms with van der Waals surface area (Å²) in [5, 5.41) is 4.37. The summed E-state index contributed by atoms with van der Waals surface area (Å²) in [5.41, 5.74) is 4.17. The highest BCUT2D eigenvalue weighted by atomic mass is 16.6. The lowest BCUT2D eigenvalue weighted by Gasteiger charge is -2.38. The number of nitrogens with one attached hydrogen (secondary N) is 1. The van der Waals surface area contributed by atoms with Crippen molar-refractivity contribution in [2.24, 2.45) is 11.8 Å². The molecule has 3 aliphatic heterocycles. The first-order valence-electron chi connectivity index (χ1n) is 18.6. The Morgan fingerprint density at radius 1 is 0.741 bits per heavy atom. The average Bonchev–Trinajstić information content (AvgIpc) is 3.15. The van der Waals surface area contributed by atoms with Crippen LogP contribution in [0.25, 0.3) is 17.0 Å².